The van der Waals surface area contributed by atoms with E-state index in [4.69, 9.17) is 29.3 Å². The van der Waals surface area contributed by atoms with Gasteiger partial charge in [0.1, 0.15) is 18.8 Å². The number of fused-ring (bicyclic) bond motifs is 1. The van der Waals surface area contributed by atoms with Crippen LogP contribution in [0.3, 0.4) is 0 Å². The van der Waals surface area contributed by atoms with Gasteiger partial charge in [0.05, 0.1) is 6.04 Å². The average Bonchev–Trinajstić information content (AvgIpc) is 3.02. The molecule has 0 saturated carbocycles. The van der Waals surface area contributed by atoms with Gasteiger partial charge in [-0.1, -0.05) is 25.9 Å². The lowest BCUT2D eigenvalue weighted by Gasteiger charge is -2.40. The molecule has 5 atom stereocenters. The number of carbonyl (C=O) groups is 2. The standard InChI is InChI=1S/C17H30N4O7Si/c1-16(2,3)29(6,7)28-13(14(24)19-8-9(22)23)11-10(20-21-18)12-15(25-11)27-17(4,5)26-12/h10-13,15H,8H2,1-7H3,(H,19,24)(H,22,23)/t10-,11+,12-,13-,15-/m1/s1. The van der Waals surface area contributed by atoms with Gasteiger partial charge in [0.2, 0.25) is 0 Å². The first-order chi connectivity index (χ1) is 13.2. The molecule has 1 amide bonds. The maximum Gasteiger partial charge on any atom is 0.322 e. The Morgan fingerprint density at radius 2 is 1.97 bits per heavy atom. The van der Waals surface area contributed by atoms with Crippen molar-refractivity contribution in [3.8, 4) is 0 Å². The van der Waals surface area contributed by atoms with Crippen LogP contribution in [0.5, 0.6) is 0 Å². The summed E-state index contributed by atoms with van der Waals surface area (Å²) in [6.07, 6.45) is -3.71. The fourth-order valence-corrected chi connectivity index (χ4v) is 4.21. The molecule has 2 fully saturated rings. The van der Waals surface area contributed by atoms with Crippen LogP contribution in [0, 0.1) is 0 Å². The van der Waals surface area contributed by atoms with Crippen molar-refractivity contribution in [3.63, 3.8) is 0 Å². The average molecular weight is 431 g/mol. The van der Waals surface area contributed by atoms with Gasteiger partial charge in [-0.25, -0.2) is 0 Å². The molecule has 29 heavy (non-hydrogen) atoms. The molecule has 2 heterocycles. The van der Waals surface area contributed by atoms with Crippen molar-refractivity contribution >= 4 is 20.2 Å². The highest BCUT2D eigenvalue weighted by Gasteiger charge is 2.58. The number of aliphatic carboxylic acids is 1. The molecule has 164 valence electrons. The molecule has 0 spiro atoms. The molecule has 11 nitrogen and oxygen atoms in total. The van der Waals surface area contributed by atoms with Crippen LogP contribution in [0.1, 0.15) is 34.6 Å². The summed E-state index contributed by atoms with van der Waals surface area (Å²) < 4.78 is 23.7. The van der Waals surface area contributed by atoms with E-state index in [0.29, 0.717) is 0 Å². The summed E-state index contributed by atoms with van der Waals surface area (Å²) in [7, 11) is -2.48. The second-order valence-corrected chi connectivity index (χ2v) is 13.9. The van der Waals surface area contributed by atoms with Gasteiger partial charge < -0.3 is 29.1 Å². The number of nitrogens with one attached hydrogen (secondary N) is 1. The van der Waals surface area contributed by atoms with Crippen molar-refractivity contribution in [2.24, 2.45) is 5.11 Å². The monoisotopic (exact) mass is 430 g/mol. The van der Waals surface area contributed by atoms with Crippen LogP contribution in [0.2, 0.25) is 18.1 Å². The van der Waals surface area contributed by atoms with E-state index in [2.05, 4.69) is 15.3 Å². The molecule has 2 aliphatic rings. The predicted molar refractivity (Wildman–Crippen MR) is 104 cm³/mol. The van der Waals surface area contributed by atoms with Crippen molar-refractivity contribution in [3.05, 3.63) is 10.4 Å². The zero-order valence-corrected chi connectivity index (χ0v) is 18.8. The summed E-state index contributed by atoms with van der Waals surface area (Å²) in [5, 5.41) is 14.8. The number of hydrogen-bond acceptors (Lipinski definition) is 7. The Balaban J connectivity index is 2.35. The molecule has 12 heteroatoms. The fraction of sp³-hybridized carbons (Fsp3) is 0.882. The third-order valence-electron chi connectivity index (χ3n) is 5.44. The highest BCUT2D eigenvalue weighted by Crippen LogP contribution is 2.43. The van der Waals surface area contributed by atoms with Gasteiger partial charge in [0.25, 0.3) is 5.91 Å². The first-order valence-corrected chi connectivity index (χ1v) is 12.3. The molecule has 2 rings (SSSR count). The number of carboxylic acid groups (broad SMARTS) is 1. The molecule has 2 N–H and O–H groups in total. The first kappa shape index (κ1) is 23.6. The van der Waals surface area contributed by atoms with E-state index in [9.17, 15) is 9.59 Å². The largest absolute Gasteiger partial charge is 0.480 e. The highest BCUT2D eigenvalue weighted by molar-refractivity contribution is 6.74. The van der Waals surface area contributed by atoms with E-state index in [1.807, 2.05) is 33.9 Å². The summed E-state index contributed by atoms with van der Waals surface area (Å²) in [6.45, 7) is 12.8. The SMILES string of the molecule is CC1(C)O[C@H]2O[C@H]([C@@H](O[Si](C)(C)C(C)(C)C)C(=O)NCC(=O)O)[C@@H](N=[N+]=[N-])[C@H]2O1. The van der Waals surface area contributed by atoms with Gasteiger partial charge in [-0.2, -0.15) is 0 Å². The van der Waals surface area contributed by atoms with Crippen molar-refractivity contribution in [1.29, 1.82) is 0 Å². The molecule has 0 bridgehead atoms. The Kier molecular flexibility index (Phi) is 6.67. The van der Waals surface area contributed by atoms with E-state index in [-0.39, 0.29) is 5.04 Å². The van der Waals surface area contributed by atoms with E-state index < -0.39 is 63.2 Å². The third kappa shape index (κ3) is 5.27. The van der Waals surface area contributed by atoms with Crippen LogP contribution in [-0.4, -0.2) is 68.3 Å². The minimum atomic E-state index is -2.48. The number of rotatable bonds is 7. The first-order valence-electron chi connectivity index (χ1n) is 9.41. The third-order valence-corrected chi connectivity index (χ3v) is 9.89. The zero-order valence-electron chi connectivity index (χ0n) is 17.8. The molecular formula is C17H30N4O7Si. The second-order valence-electron chi connectivity index (χ2n) is 9.18. The van der Waals surface area contributed by atoms with Gasteiger partial charge in [0.15, 0.2) is 26.5 Å². The van der Waals surface area contributed by atoms with Crippen molar-refractivity contribution in [1.82, 2.24) is 5.32 Å². The summed E-state index contributed by atoms with van der Waals surface area (Å²) in [4.78, 5) is 26.6. The minimum Gasteiger partial charge on any atom is -0.480 e. The lowest BCUT2D eigenvalue weighted by Crippen LogP contribution is -2.56. The number of carbonyl (C=O) groups excluding carboxylic acids is 1. The molecule has 0 aromatic carbocycles. The summed E-state index contributed by atoms with van der Waals surface area (Å²) in [5.41, 5.74) is 9.05. The maximum absolute atomic E-state index is 12.9. The molecular weight excluding hydrogens is 400 g/mol. The minimum absolute atomic E-state index is 0.226. The lowest BCUT2D eigenvalue weighted by molar-refractivity contribution is -0.214. The van der Waals surface area contributed by atoms with Crippen LogP contribution in [0.4, 0.5) is 0 Å². The Labute approximate surface area is 170 Å². The number of ether oxygens (including phenoxy) is 3. The number of azide groups is 1. The smallest absolute Gasteiger partial charge is 0.322 e. The van der Waals surface area contributed by atoms with Gasteiger partial charge in [-0.15, -0.1) is 0 Å². The Morgan fingerprint density at radius 3 is 2.48 bits per heavy atom. The van der Waals surface area contributed by atoms with Gasteiger partial charge in [-0.3, -0.25) is 9.59 Å². The normalized spacial score (nSPS) is 29.6. The van der Waals surface area contributed by atoms with E-state index in [0.717, 1.165) is 0 Å². The molecule has 0 aromatic heterocycles. The van der Waals surface area contributed by atoms with Gasteiger partial charge >= 0.3 is 5.97 Å². The molecule has 0 unspecified atom stereocenters. The molecule has 2 saturated heterocycles. The fourth-order valence-electron chi connectivity index (χ4n) is 2.98. The molecule has 2 aliphatic heterocycles. The predicted octanol–water partition coefficient (Wildman–Crippen LogP) is 2.13. The molecule has 0 aliphatic carbocycles. The number of carboxylic acids is 1. The second kappa shape index (κ2) is 8.21. The highest BCUT2D eigenvalue weighted by atomic mass is 28.4. The lowest BCUT2D eigenvalue weighted by atomic mass is 10.0. The molecule has 0 radical (unpaired) electrons. The Hall–Kier alpha value is -1.69. The van der Waals surface area contributed by atoms with Gasteiger partial charge in [-0.05, 0) is 37.5 Å². The number of nitrogens with zero attached hydrogens (tertiary/aromatic N) is 3. The van der Waals surface area contributed by atoms with Crippen molar-refractivity contribution in [2.75, 3.05) is 6.54 Å². The summed E-state index contributed by atoms with van der Waals surface area (Å²) >= 11 is 0. The van der Waals surface area contributed by atoms with E-state index in [1.54, 1.807) is 13.8 Å². The van der Waals surface area contributed by atoms with Crippen molar-refractivity contribution in [2.45, 2.75) is 89.2 Å². The number of amides is 1. The topological polar surface area (TPSA) is 152 Å². The molecule has 0 aromatic rings. The zero-order chi connectivity index (χ0) is 22.2. The van der Waals surface area contributed by atoms with E-state index in [1.165, 1.54) is 0 Å². The van der Waals surface area contributed by atoms with Crippen LogP contribution in [-0.2, 0) is 28.2 Å². The Morgan fingerprint density at radius 1 is 1.34 bits per heavy atom. The van der Waals surface area contributed by atoms with Crippen molar-refractivity contribution < 1.29 is 33.3 Å². The van der Waals surface area contributed by atoms with Crippen LogP contribution in [0.15, 0.2) is 5.11 Å². The Bertz CT molecular complexity index is 702. The van der Waals surface area contributed by atoms with E-state index >= 15 is 0 Å². The van der Waals surface area contributed by atoms with Gasteiger partial charge in [0, 0.05) is 4.91 Å². The summed E-state index contributed by atoms with van der Waals surface area (Å²) in [6, 6.07) is -0.878. The van der Waals surface area contributed by atoms with Crippen LogP contribution >= 0.6 is 0 Å². The van der Waals surface area contributed by atoms with Crippen LogP contribution in [0.25, 0.3) is 10.4 Å². The van der Waals surface area contributed by atoms with Crippen LogP contribution < -0.4 is 5.32 Å². The quantitative estimate of drug-likeness (QED) is 0.271. The summed E-state index contributed by atoms with van der Waals surface area (Å²) in [5.74, 6) is -2.77. The maximum atomic E-state index is 12.9. The number of hydrogen-bond donors (Lipinski definition) is 2.